The number of alkyl halides is 3. The summed E-state index contributed by atoms with van der Waals surface area (Å²) in [5, 5.41) is 0. The van der Waals surface area contributed by atoms with E-state index in [0.717, 1.165) is 12.1 Å². The van der Waals surface area contributed by atoms with Crippen LogP contribution in [-0.4, -0.2) is 37.0 Å². The fraction of sp³-hybridized carbons (Fsp3) is 0.278. The van der Waals surface area contributed by atoms with E-state index in [1.165, 1.54) is 24.3 Å². The highest BCUT2D eigenvalue weighted by molar-refractivity contribution is 9.10. The molecule has 3 nitrogen and oxygen atoms in total. The maximum Gasteiger partial charge on any atom is 0.416 e. The maximum absolute atomic E-state index is 13.4. The SMILES string of the molecule is O=C(c1cc(F)ccc1Br)N1CCN(c2cccc(C(F)(F)F)c2)CC1. The molecule has 26 heavy (non-hydrogen) atoms. The molecule has 138 valence electrons. The number of piperazine rings is 1. The van der Waals surface area contributed by atoms with Crippen LogP contribution in [0.5, 0.6) is 0 Å². The molecule has 2 aromatic rings. The first-order valence-electron chi connectivity index (χ1n) is 7.92. The molecule has 2 aromatic carbocycles. The van der Waals surface area contributed by atoms with Crippen molar-refractivity contribution in [3.8, 4) is 0 Å². The summed E-state index contributed by atoms with van der Waals surface area (Å²) in [4.78, 5) is 15.9. The van der Waals surface area contributed by atoms with E-state index in [1.807, 2.05) is 0 Å². The molecule has 0 spiro atoms. The summed E-state index contributed by atoms with van der Waals surface area (Å²) in [7, 11) is 0. The lowest BCUT2D eigenvalue weighted by atomic mass is 10.1. The Kier molecular flexibility index (Phi) is 5.22. The van der Waals surface area contributed by atoms with E-state index in [-0.39, 0.29) is 11.5 Å². The summed E-state index contributed by atoms with van der Waals surface area (Å²) >= 11 is 3.24. The molecule has 0 aliphatic carbocycles. The predicted octanol–water partition coefficient (Wildman–Crippen LogP) is 4.57. The summed E-state index contributed by atoms with van der Waals surface area (Å²) in [6.45, 7) is 1.50. The van der Waals surface area contributed by atoms with Crippen LogP contribution >= 0.6 is 15.9 Å². The van der Waals surface area contributed by atoms with Crippen LogP contribution in [0, 0.1) is 5.82 Å². The molecule has 0 bridgehead atoms. The van der Waals surface area contributed by atoms with Gasteiger partial charge in [0.2, 0.25) is 0 Å². The molecular formula is C18H15BrF4N2O. The number of halogens is 5. The zero-order chi connectivity index (χ0) is 18.9. The lowest BCUT2D eigenvalue weighted by Gasteiger charge is -2.36. The number of hydrogen-bond donors (Lipinski definition) is 0. The van der Waals surface area contributed by atoms with Crippen LogP contribution in [-0.2, 0) is 6.18 Å². The van der Waals surface area contributed by atoms with Crippen LogP contribution in [0.25, 0.3) is 0 Å². The van der Waals surface area contributed by atoms with Gasteiger partial charge >= 0.3 is 6.18 Å². The molecule has 1 heterocycles. The molecule has 1 fully saturated rings. The molecule has 0 aromatic heterocycles. The van der Waals surface area contributed by atoms with Crippen LogP contribution in [0.3, 0.4) is 0 Å². The van der Waals surface area contributed by atoms with E-state index in [2.05, 4.69) is 15.9 Å². The van der Waals surface area contributed by atoms with Gasteiger partial charge in [-0.15, -0.1) is 0 Å². The number of nitrogens with zero attached hydrogens (tertiary/aromatic N) is 2. The molecule has 0 atom stereocenters. The molecule has 0 radical (unpaired) electrons. The van der Waals surface area contributed by atoms with Gasteiger partial charge < -0.3 is 9.80 Å². The zero-order valence-electron chi connectivity index (χ0n) is 13.6. The Morgan fingerprint density at radius 3 is 2.35 bits per heavy atom. The Labute approximate surface area is 156 Å². The van der Waals surface area contributed by atoms with Crippen molar-refractivity contribution in [1.29, 1.82) is 0 Å². The van der Waals surface area contributed by atoms with Gasteiger partial charge in [0.1, 0.15) is 5.82 Å². The molecule has 0 N–H and O–H groups in total. The third-order valence-corrected chi connectivity index (χ3v) is 4.96. The fourth-order valence-electron chi connectivity index (χ4n) is 2.88. The second-order valence-corrected chi connectivity index (χ2v) is 6.81. The monoisotopic (exact) mass is 430 g/mol. The van der Waals surface area contributed by atoms with E-state index in [1.54, 1.807) is 15.9 Å². The smallest absolute Gasteiger partial charge is 0.368 e. The number of hydrogen-bond acceptors (Lipinski definition) is 2. The van der Waals surface area contributed by atoms with Crippen molar-refractivity contribution >= 4 is 27.5 Å². The van der Waals surface area contributed by atoms with Gasteiger partial charge in [0.05, 0.1) is 11.1 Å². The first kappa shape index (κ1) is 18.7. The summed E-state index contributed by atoms with van der Waals surface area (Å²) in [6.07, 6.45) is -4.39. The zero-order valence-corrected chi connectivity index (χ0v) is 15.1. The standard InChI is InChI=1S/C18H15BrF4N2O/c19-16-5-4-13(20)11-15(16)17(26)25-8-6-24(7-9-25)14-3-1-2-12(10-14)18(21,22)23/h1-5,10-11H,6-9H2. The summed E-state index contributed by atoms with van der Waals surface area (Å²) in [5.41, 5.74) is 0.00794. The highest BCUT2D eigenvalue weighted by Crippen LogP contribution is 2.32. The van der Waals surface area contributed by atoms with Crippen molar-refractivity contribution in [3.63, 3.8) is 0 Å². The minimum Gasteiger partial charge on any atom is -0.368 e. The quantitative estimate of drug-likeness (QED) is 0.651. The number of carbonyl (C=O) groups excluding carboxylic acids is 1. The molecule has 1 amide bonds. The van der Waals surface area contributed by atoms with Crippen molar-refractivity contribution in [2.45, 2.75) is 6.18 Å². The predicted molar refractivity (Wildman–Crippen MR) is 93.7 cm³/mol. The summed E-state index contributed by atoms with van der Waals surface area (Å²) < 4.78 is 52.5. The molecule has 3 rings (SSSR count). The van der Waals surface area contributed by atoms with Crippen LogP contribution in [0.15, 0.2) is 46.9 Å². The second-order valence-electron chi connectivity index (χ2n) is 5.95. The van der Waals surface area contributed by atoms with Crippen LogP contribution < -0.4 is 4.90 Å². The van der Waals surface area contributed by atoms with Gasteiger partial charge in [0.25, 0.3) is 5.91 Å². The average molecular weight is 431 g/mol. The van der Waals surface area contributed by atoms with Gasteiger partial charge in [-0.2, -0.15) is 13.2 Å². The van der Waals surface area contributed by atoms with Crippen molar-refractivity contribution in [2.24, 2.45) is 0 Å². The number of anilines is 1. The molecule has 1 aliphatic rings. The number of carbonyl (C=O) groups is 1. The van der Waals surface area contributed by atoms with Crippen molar-refractivity contribution in [2.75, 3.05) is 31.1 Å². The largest absolute Gasteiger partial charge is 0.416 e. The lowest BCUT2D eigenvalue weighted by Crippen LogP contribution is -2.49. The van der Waals surface area contributed by atoms with Crippen LogP contribution in [0.2, 0.25) is 0 Å². The summed E-state index contributed by atoms with van der Waals surface area (Å²) in [5.74, 6) is -0.806. The van der Waals surface area contributed by atoms with Gasteiger partial charge in [-0.1, -0.05) is 6.07 Å². The third kappa shape index (κ3) is 4.00. The van der Waals surface area contributed by atoms with E-state index in [9.17, 15) is 22.4 Å². The van der Waals surface area contributed by atoms with Crippen molar-refractivity contribution in [1.82, 2.24) is 4.90 Å². The molecular weight excluding hydrogens is 416 g/mol. The van der Waals surface area contributed by atoms with Gasteiger partial charge in [-0.3, -0.25) is 4.79 Å². The van der Waals surface area contributed by atoms with Gasteiger partial charge in [-0.05, 0) is 52.3 Å². The van der Waals surface area contributed by atoms with E-state index in [4.69, 9.17) is 0 Å². The van der Waals surface area contributed by atoms with E-state index < -0.39 is 17.6 Å². The summed E-state index contributed by atoms with van der Waals surface area (Å²) in [6, 6.07) is 9.04. The minimum absolute atomic E-state index is 0.234. The Morgan fingerprint density at radius 2 is 1.69 bits per heavy atom. The normalized spacial score (nSPS) is 15.3. The van der Waals surface area contributed by atoms with E-state index >= 15 is 0 Å². The highest BCUT2D eigenvalue weighted by atomic mass is 79.9. The molecule has 0 saturated carbocycles. The molecule has 0 unspecified atom stereocenters. The van der Waals surface area contributed by atoms with Gasteiger partial charge in [0, 0.05) is 36.3 Å². The topological polar surface area (TPSA) is 23.6 Å². The van der Waals surface area contributed by atoms with Crippen molar-refractivity contribution in [3.05, 3.63) is 63.9 Å². The minimum atomic E-state index is -4.39. The second kappa shape index (κ2) is 7.26. The highest BCUT2D eigenvalue weighted by Gasteiger charge is 2.31. The first-order valence-corrected chi connectivity index (χ1v) is 8.71. The Hall–Kier alpha value is -2.09. The average Bonchev–Trinajstić information content (AvgIpc) is 2.63. The van der Waals surface area contributed by atoms with Gasteiger partial charge in [-0.25, -0.2) is 4.39 Å². The van der Waals surface area contributed by atoms with Crippen LogP contribution in [0.4, 0.5) is 23.2 Å². The van der Waals surface area contributed by atoms with Gasteiger partial charge in [0.15, 0.2) is 0 Å². The molecule has 8 heteroatoms. The third-order valence-electron chi connectivity index (χ3n) is 4.26. The Balaban J connectivity index is 1.70. The maximum atomic E-state index is 13.4. The number of amides is 1. The van der Waals surface area contributed by atoms with Crippen LogP contribution in [0.1, 0.15) is 15.9 Å². The first-order chi connectivity index (χ1) is 12.3. The van der Waals surface area contributed by atoms with E-state index in [0.29, 0.717) is 36.3 Å². The fourth-order valence-corrected chi connectivity index (χ4v) is 3.29. The Morgan fingerprint density at radius 1 is 1.00 bits per heavy atom. The number of benzene rings is 2. The van der Waals surface area contributed by atoms with Crippen molar-refractivity contribution < 1.29 is 22.4 Å². The number of rotatable bonds is 2. The Bertz CT molecular complexity index is 817. The lowest BCUT2D eigenvalue weighted by molar-refractivity contribution is -0.137. The molecule has 1 saturated heterocycles. The molecule has 1 aliphatic heterocycles.